The van der Waals surface area contributed by atoms with Crippen LogP contribution in [0.2, 0.25) is 0 Å². The Labute approximate surface area is 117 Å². The lowest BCUT2D eigenvalue weighted by Crippen LogP contribution is -1.88. The molecule has 1 aliphatic rings. The van der Waals surface area contributed by atoms with Gasteiger partial charge in [-0.15, -0.1) is 0 Å². The van der Waals surface area contributed by atoms with Gasteiger partial charge in [0.05, 0.1) is 5.76 Å². The highest BCUT2D eigenvalue weighted by Gasteiger charge is 2.16. The molecule has 0 atom stereocenters. The molecule has 0 amide bonds. The maximum atomic E-state index is 9.80. The summed E-state index contributed by atoms with van der Waals surface area (Å²) >= 11 is 0. The monoisotopic (exact) mass is 258 g/mol. The van der Waals surface area contributed by atoms with Gasteiger partial charge in [0.15, 0.2) is 0 Å². The quantitative estimate of drug-likeness (QED) is 0.654. The molecule has 1 heteroatoms. The molecule has 0 fully saturated rings. The summed E-state index contributed by atoms with van der Waals surface area (Å²) in [5.74, 6) is 0.452. The smallest absolute Gasteiger partial charge is 0.0972 e. The summed E-state index contributed by atoms with van der Waals surface area (Å²) in [5.41, 5.74) is 4.78. The van der Waals surface area contributed by atoms with Gasteiger partial charge in [-0.1, -0.05) is 60.7 Å². The summed E-state index contributed by atoms with van der Waals surface area (Å²) in [7, 11) is 0. The maximum absolute atomic E-state index is 9.80. The van der Waals surface area contributed by atoms with Crippen molar-refractivity contribution in [1.29, 1.82) is 0 Å². The van der Waals surface area contributed by atoms with E-state index in [9.17, 15) is 5.11 Å². The van der Waals surface area contributed by atoms with Gasteiger partial charge >= 0.3 is 0 Å². The number of aliphatic hydroxyl groups excluding tert-OH is 1. The summed E-state index contributed by atoms with van der Waals surface area (Å²) < 4.78 is 0. The van der Waals surface area contributed by atoms with E-state index in [1.54, 1.807) is 0 Å². The van der Waals surface area contributed by atoms with E-state index in [1.165, 1.54) is 27.5 Å². The highest BCUT2D eigenvalue weighted by Crippen LogP contribution is 2.36. The third-order valence-corrected chi connectivity index (χ3v) is 3.96. The third-order valence-electron chi connectivity index (χ3n) is 3.96. The molecule has 0 bridgehead atoms. The molecule has 1 nitrogen and oxygen atoms in total. The number of hydrogen-bond acceptors (Lipinski definition) is 1. The molecule has 3 aromatic carbocycles. The Kier molecular flexibility index (Phi) is 2.40. The summed E-state index contributed by atoms with van der Waals surface area (Å²) in [6.07, 6.45) is 2.54. The van der Waals surface area contributed by atoms with Crippen LogP contribution in [-0.2, 0) is 6.42 Å². The average molecular weight is 258 g/mol. The van der Waals surface area contributed by atoms with Gasteiger partial charge < -0.3 is 5.11 Å². The number of aliphatic hydroxyl groups is 1. The standard InChI is InChI=1S/C19H14O/c20-15-11-14-7-4-10-18(19(14)12-15)17-9-3-6-13-5-1-2-8-16(13)17/h1-10,12,20H,11H2. The van der Waals surface area contributed by atoms with Crippen molar-refractivity contribution in [3.63, 3.8) is 0 Å². The van der Waals surface area contributed by atoms with Gasteiger partial charge in [0, 0.05) is 6.42 Å². The minimum absolute atomic E-state index is 0.452. The van der Waals surface area contributed by atoms with Crippen molar-refractivity contribution in [3.8, 4) is 11.1 Å². The van der Waals surface area contributed by atoms with Crippen molar-refractivity contribution in [2.24, 2.45) is 0 Å². The van der Waals surface area contributed by atoms with Crippen LogP contribution in [0.15, 0.2) is 66.4 Å². The third kappa shape index (κ3) is 1.64. The van der Waals surface area contributed by atoms with Crippen LogP contribution in [0, 0.1) is 0 Å². The fourth-order valence-corrected chi connectivity index (χ4v) is 3.05. The Morgan fingerprint density at radius 1 is 0.750 bits per heavy atom. The first-order chi connectivity index (χ1) is 9.83. The Hall–Kier alpha value is -2.54. The van der Waals surface area contributed by atoms with Crippen LogP contribution in [0.1, 0.15) is 11.1 Å². The van der Waals surface area contributed by atoms with E-state index in [0.717, 1.165) is 5.56 Å². The lowest BCUT2D eigenvalue weighted by molar-refractivity contribution is 0.408. The minimum Gasteiger partial charge on any atom is -0.512 e. The topological polar surface area (TPSA) is 20.2 Å². The maximum Gasteiger partial charge on any atom is 0.0972 e. The van der Waals surface area contributed by atoms with Crippen LogP contribution in [0.3, 0.4) is 0 Å². The van der Waals surface area contributed by atoms with Crippen molar-refractivity contribution in [2.45, 2.75) is 6.42 Å². The van der Waals surface area contributed by atoms with Crippen LogP contribution in [0.25, 0.3) is 28.0 Å². The molecule has 0 unspecified atom stereocenters. The van der Waals surface area contributed by atoms with E-state index >= 15 is 0 Å². The fourth-order valence-electron chi connectivity index (χ4n) is 3.05. The zero-order valence-electron chi connectivity index (χ0n) is 11.0. The Balaban J connectivity index is 2.04. The SMILES string of the molecule is OC1=Cc2c(cccc2-c2cccc3ccccc23)C1. The first kappa shape index (κ1) is 11.3. The molecule has 0 saturated heterocycles. The zero-order chi connectivity index (χ0) is 13.5. The molecule has 0 radical (unpaired) electrons. The Morgan fingerprint density at radius 3 is 2.45 bits per heavy atom. The van der Waals surface area contributed by atoms with Crippen molar-refractivity contribution in [2.75, 3.05) is 0 Å². The zero-order valence-corrected chi connectivity index (χ0v) is 11.0. The van der Waals surface area contributed by atoms with E-state index in [2.05, 4.69) is 60.7 Å². The molecule has 4 rings (SSSR count). The number of benzene rings is 3. The molecule has 0 heterocycles. The highest BCUT2D eigenvalue weighted by atomic mass is 16.3. The van der Waals surface area contributed by atoms with Crippen molar-refractivity contribution >= 4 is 16.8 Å². The van der Waals surface area contributed by atoms with E-state index in [4.69, 9.17) is 0 Å². The molecular formula is C19H14O. The molecule has 20 heavy (non-hydrogen) atoms. The second kappa shape index (κ2) is 4.24. The molecule has 1 aliphatic carbocycles. The van der Waals surface area contributed by atoms with Crippen molar-refractivity contribution in [1.82, 2.24) is 0 Å². The molecule has 1 N–H and O–H groups in total. The molecule has 96 valence electrons. The lowest BCUT2D eigenvalue weighted by atomic mass is 9.93. The van der Waals surface area contributed by atoms with E-state index in [-0.39, 0.29) is 0 Å². The number of fused-ring (bicyclic) bond motifs is 2. The van der Waals surface area contributed by atoms with Crippen LogP contribution in [0.4, 0.5) is 0 Å². The second-order valence-corrected chi connectivity index (χ2v) is 5.22. The fraction of sp³-hybridized carbons (Fsp3) is 0.0526. The molecule has 0 aromatic heterocycles. The first-order valence-corrected chi connectivity index (χ1v) is 6.82. The first-order valence-electron chi connectivity index (χ1n) is 6.82. The van der Waals surface area contributed by atoms with Gasteiger partial charge in [0.1, 0.15) is 0 Å². The average Bonchev–Trinajstić information content (AvgIpc) is 2.87. The largest absolute Gasteiger partial charge is 0.512 e. The summed E-state index contributed by atoms with van der Waals surface area (Å²) in [4.78, 5) is 0. The van der Waals surface area contributed by atoms with Gasteiger partial charge in [-0.2, -0.15) is 0 Å². The summed E-state index contributed by atoms with van der Waals surface area (Å²) in [5, 5.41) is 12.3. The van der Waals surface area contributed by atoms with E-state index in [0.29, 0.717) is 12.2 Å². The predicted molar refractivity (Wildman–Crippen MR) is 83.7 cm³/mol. The molecule has 0 saturated carbocycles. The van der Waals surface area contributed by atoms with Crippen LogP contribution in [-0.4, -0.2) is 5.11 Å². The lowest BCUT2D eigenvalue weighted by Gasteiger charge is -2.10. The van der Waals surface area contributed by atoms with Gasteiger partial charge in [-0.3, -0.25) is 0 Å². The Morgan fingerprint density at radius 2 is 1.50 bits per heavy atom. The van der Waals surface area contributed by atoms with Crippen LogP contribution < -0.4 is 0 Å². The van der Waals surface area contributed by atoms with Gasteiger partial charge in [0.2, 0.25) is 0 Å². The molecule has 0 aliphatic heterocycles. The predicted octanol–water partition coefficient (Wildman–Crippen LogP) is 4.96. The van der Waals surface area contributed by atoms with Crippen LogP contribution >= 0.6 is 0 Å². The number of allylic oxidation sites excluding steroid dienone is 1. The van der Waals surface area contributed by atoms with Gasteiger partial charge in [-0.25, -0.2) is 0 Å². The summed E-state index contributed by atoms with van der Waals surface area (Å²) in [6.45, 7) is 0. The van der Waals surface area contributed by atoms with E-state index < -0.39 is 0 Å². The second-order valence-electron chi connectivity index (χ2n) is 5.22. The Bertz CT molecular complexity index is 838. The van der Waals surface area contributed by atoms with Crippen molar-refractivity contribution in [3.05, 3.63) is 77.5 Å². The normalized spacial score (nSPS) is 13.3. The molecule has 0 spiro atoms. The van der Waals surface area contributed by atoms with Gasteiger partial charge in [-0.05, 0) is 39.1 Å². The van der Waals surface area contributed by atoms with E-state index in [1.807, 2.05) is 6.08 Å². The highest BCUT2D eigenvalue weighted by molar-refractivity contribution is 5.99. The molecule has 3 aromatic rings. The van der Waals surface area contributed by atoms with Crippen molar-refractivity contribution < 1.29 is 5.11 Å². The van der Waals surface area contributed by atoms with Gasteiger partial charge in [0.25, 0.3) is 0 Å². The number of hydrogen-bond donors (Lipinski definition) is 1. The number of rotatable bonds is 1. The summed E-state index contributed by atoms with van der Waals surface area (Å²) in [6, 6.07) is 21.1. The molecular weight excluding hydrogens is 244 g/mol. The minimum atomic E-state index is 0.452. The van der Waals surface area contributed by atoms with Crippen LogP contribution in [0.5, 0.6) is 0 Å².